The number of hydrogen-bond acceptors (Lipinski definition) is 5. The van der Waals surface area contributed by atoms with Gasteiger partial charge in [-0.15, -0.1) is 0 Å². The molecule has 2 aliphatic heterocycles. The summed E-state index contributed by atoms with van der Waals surface area (Å²) in [6, 6.07) is 15.0. The summed E-state index contributed by atoms with van der Waals surface area (Å²) in [7, 11) is 0. The first-order valence-corrected chi connectivity index (χ1v) is 11.7. The molecule has 168 valence electrons. The maximum Gasteiger partial charge on any atom is 0.293 e. The number of halogens is 1. The van der Waals surface area contributed by atoms with E-state index in [0.717, 1.165) is 51.5 Å². The average Bonchev–Trinajstić information content (AvgIpc) is 3.22. The fourth-order valence-corrected chi connectivity index (χ4v) is 5.14. The molecule has 0 spiro atoms. The molecule has 1 saturated heterocycles. The third-order valence-electron chi connectivity index (χ3n) is 5.64. The van der Waals surface area contributed by atoms with Crippen LogP contribution in [0.1, 0.15) is 22.5 Å². The molecule has 6 nitrogen and oxygen atoms in total. The van der Waals surface area contributed by atoms with Crippen molar-refractivity contribution in [3.8, 4) is 17.2 Å². The molecule has 8 heteroatoms. The van der Waals surface area contributed by atoms with Crippen molar-refractivity contribution in [2.24, 2.45) is 0 Å². The number of aromatic nitrogens is 1. The fraction of sp³-hybridized carbons (Fsp3) is 0.200. The number of amides is 2. The van der Waals surface area contributed by atoms with Crippen LogP contribution in [0.5, 0.6) is 11.5 Å². The SMILES string of the molecule is Cc1cc(/C=C2\SC(=O)N(Cc3cccc(Cl)c3)C2=O)c(C)n1-c1ccc2c(c1)OCCO2. The monoisotopic (exact) mass is 480 g/mol. The van der Waals surface area contributed by atoms with E-state index >= 15 is 0 Å². The van der Waals surface area contributed by atoms with Crippen molar-refractivity contribution in [2.45, 2.75) is 20.4 Å². The number of carbonyl (C=O) groups excluding carboxylic acids is 2. The minimum atomic E-state index is -0.297. The van der Waals surface area contributed by atoms with E-state index in [-0.39, 0.29) is 17.7 Å². The predicted molar refractivity (Wildman–Crippen MR) is 129 cm³/mol. The zero-order chi connectivity index (χ0) is 23.1. The first-order chi connectivity index (χ1) is 15.9. The Balaban J connectivity index is 1.43. The van der Waals surface area contributed by atoms with Crippen LogP contribution in [0.2, 0.25) is 5.02 Å². The standard InChI is InChI=1S/C25H21ClN2O4S/c1-15-10-18(16(2)28(15)20-6-7-21-22(13-20)32-9-8-31-21)12-23-24(29)27(25(30)33-23)14-17-4-3-5-19(26)11-17/h3-7,10-13H,8-9,14H2,1-2H3/b23-12-. The summed E-state index contributed by atoms with van der Waals surface area (Å²) in [4.78, 5) is 27.2. The molecule has 0 unspecified atom stereocenters. The van der Waals surface area contributed by atoms with Gasteiger partial charge >= 0.3 is 0 Å². The Kier molecular flexibility index (Phi) is 5.68. The third kappa shape index (κ3) is 4.14. The number of imide groups is 1. The van der Waals surface area contributed by atoms with Crippen LogP contribution in [0.25, 0.3) is 11.8 Å². The highest BCUT2D eigenvalue weighted by atomic mass is 35.5. The summed E-state index contributed by atoms with van der Waals surface area (Å²) >= 11 is 7.00. The average molecular weight is 481 g/mol. The Morgan fingerprint density at radius 2 is 1.82 bits per heavy atom. The van der Waals surface area contributed by atoms with E-state index in [1.54, 1.807) is 24.3 Å². The van der Waals surface area contributed by atoms with Crippen LogP contribution in [-0.4, -0.2) is 33.8 Å². The largest absolute Gasteiger partial charge is 0.486 e. The molecule has 0 saturated carbocycles. The smallest absolute Gasteiger partial charge is 0.293 e. The Bertz CT molecular complexity index is 1310. The maximum atomic E-state index is 13.0. The van der Waals surface area contributed by atoms with Gasteiger partial charge in [-0.25, -0.2) is 0 Å². The molecule has 0 N–H and O–H groups in total. The van der Waals surface area contributed by atoms with E-state index in [2.05, 4.69) is 4.57 Å². The van der Waals surface area contributed by atoms with Crippen molar-refractivity contribution < 1.29 is 19.1 Å². The van der Waals surface area contributed by atoms with Gasteiger partial charge in [0.15, 0.2) is 11.5 Å². The molecule has 2 aliphatic rings. The maximum absolute atomic E-state index is 13.0. The fourth-order valence-electron chi connectivity index (χ4n) is 4.10. The third-order valence-corrected chi connectivity index (χ3v) is 6.79. The number of carbonyl (C=O) groups is 2. The second kappa shape index (κ2) is 8.65. The summed E-state index contributed by atoms with van der Waals surface area (Å²) in [5, 5.41) is 0.286. The van der Waals surface area contributed by atoms with Crippen LogP contribution in [0.4, 0.5) is 4.79 Å². The molecular formula is C25H21ClN2O4S. The molecular weight excluding hydrogens is 460 g/mol. The number of rotatable bonds is 4. The van der Waals surface area contributed by atoms with Gasteiger partial charge in [-0.05, 0) is 73.1 Å². The molecule has 2 amide bonds. The molecule has 0 aliphatic carbocycles. The Labute approximate surface area is 200 Å². The predicted octanol–water partition coefficient (Wildman–Crippen LogP) is 5.76. The normalized spacial score (nSPS) is 16.7. The topological polar surface area (TPSA) is 60.8 Å². The molecule has 3 aromatic rings. The summed E-state index contributed by atoms with van der Waals surface area (Å²) in [6.07, 6.45) is 1.79. The Morgan fingerprint density at radius 1 is 1.03 bits per heavy atom. The van der Waals surface area contributed by atoms with Crippen molar-refractivity contribution in [3.63, 3.8) is 0 Å². The minimum absolute atomic E-state index is 0.193. The molecule has 1 fully saturated rings. The highest BCUT2D eigenvalue weighted by Crippen LogP contribution is 2.36. The van der Waals surface area contributed by atoms with Gasteiger partial charge in [0.05, 0.1) is 11.4 Å². The molecule has 5 rings (SSSR count). The zero-order valence-electron chi connectivity index (χ0n) is 18.1. The van der Waals surface area contributed by atoms with Gasteiger partial charge in [0.25, 0.3) is 11.1 Å². The van der Waals surface area contributed by atoms with Crippen molar-refractivity contribution >= 4 is 40.6 Å². The Hall–Kier alpha value is -3.16. The number of ether oxygens (including phenoxy) is 2. The number of hydrogen-bond donors (Lipinski definition) is 0. The first kappa shape index (κ1) is 21.7. The first-order valence-electron chi connectivity index (χ1n) is 10.5. The van der Waals surface area contributed by atoms with E-state index in [0.29, 0.717) is 23.1 Å². The molecule has 0 bridgehead atoms. The second-order valence-corrected chi connectivity index (χ2v) is 9.32. The summed E-state index contributed by atoms with van der Waals surface area (Å²) in [6.45, 7) is 5.26. The lowest BCUT2D eigenvalue weighted by atomic mass is 10.2. The number of aryl methyl sites for hydroxylation is 1. The van der Waals surface area contributed by atoms with Crippen LogP contribution in [-0.2, 0) is 11.3 Å². The van der Waals surface area contributed by atoms with Gasteiger partial charge in [-0.1, -0.05) is 23.7 Å². The van der Waals surface area contributed by atoms with Gasteiger partial charge in [-0.2, -0.15) is 0 Å². The van der Waals surface area contributed by atoms with Gasteiger partial charge < -0.3 is 14.0 Å². The number of benzene rings is 2. The summed E-state index contributed by atoms with van der Waals surface area (Å²) in [5.41, 5.74) is 4.61. The molecule has 1 aromatic heterocycles. The highest BCUT2D eigenvalue weighted by molar-refractivity contribution is 8.18. The zero-order valence-corrected chi connectivity index (χ0v) is 19.7. The minimum Gasteiger partial charge on any atom is -0.486 e. The lowest BCUT2D eigenvalue weighted by Crippen LogP contribution is -2.27. The van der Waals surface area contributed by atoms with Crippen molar-refractivity contribution in [1.82, 2.24) is 9.47 Å². The number of fused-ring (bicyclic) bond motifs is 1. The lowest BCUT2D eigenvalue weighted by molar-refractivity contribution is -0.123. The van der Waals surface area contributed by atoms with Crippen LogP contribution >= 0.6 is 23.4 Å². The quantitative estimate of drug-likeness (QED) is 0.444. The number of nitrogens with zero attached hydrogens (tertiary/aromatic N) is 2. The highest BCUT2D eigenvalue weighted by Gasteiger charge is 2.35. The van der Waals surface area contributed by atoms with Crippen molar-refractivity contribution in [3.05, 3.63) is 81.0 Å². The van der Waals surface area contributed by atoms with Gasteiger partial charge in [-0.3, -0.25) is 14.5 Å². The summed E-state index contributed by atoms with van der Waals surface area (Å²) < 4.78 is 13.4. The molecule has 0 radical (unpaired) electrons. The van der Waals surface area contributed by atoms with Crippen molar-refractivity contribution in [2.75, 3.05) is 13.2 Å². The molecule has 2 aromatic carbocycles. The van der Waals surface area contributed by atoms with Crippen LogP contribution in [0.15, 0.2) is 53.4 Å². The lowest BCUT2D eigenvalue weighted by Gasteiger charge is -2.20. The van der Waals surface area contributed by atoms with Crippen LogP contribution in [0, 0.1) is 13.8 Å². The van der Waals surface area contributed by atoms with E-state index in [9.17, 15) is 9.59 Å². The van der Waals surface area contributed by atoms with E-state index in [4.69, 9.17) is 21.1 Å². The van der Waals surface area contributed by atoms with E-state index in [1.165, 1.54) is 4.90 Å². The van der Waals surface area contributed by atoms with Gasteiger partial charge in [0.1, 0.15) is 13.2 Å². The van der Waals surface area contributed by atoms with Gasteiger partial charge in [0.2, 0.25) is 0 Å². The van der Waals surface area contributed by atoms with Crippen molar-refractivity contribution in [1.29, 1.82) is 0 Å². The number of thioether (sulfide) groups is 1. The molecule has 0 atom stereocenters. The van der Waals surface area contributed by atoms with Crippen LogP contribution in [0.3, 0.4) is 0 Å². The second-order valence-electron chi connectivity index (χ2n) is 7.89. The molecule has 33 heavy (non-hydrogen) atoms. The van der Waals surface area contributed by atoms with E-state index in [1.807, 2.05) is 44.2 Å². The van der Waals surface area contributed by atoms with Crippen LogP contribution < -0.4 is 9.47 Å². The molecule has 3 heterocycles. The Morgan fingerprint density at radius 3 is 2.61 bits per heavy atom. The van der Waals surface area contributed by atoms with Gasteiger partial charge in [0, 0.05) is 28.2 Å². The summed E-state index contributed by atoms with van der Waals surface area (Å²) in [5.74, 6) is 1.16. The van der Waals surface area contributed by atoms with E-state index < -0.39 is 0 Å².